The van der Waals surface area contributed by atoms with Crippen LogP contribution < -0.4 is 4.72 Å². The van der Waals surface area contributed by atoms with Crippen molar-refractivity contribution in [2.24, 2.45) is 5.92 Å². The number of carbonyl (C=O) groups is 1. The predicted molar refractivity (Wildman–Crippen MR) is 83.0 cm³/mol. The van der Waals surface area contributed by atoms with Crippen LogP contribution in [0.1, 0.15) is 31.7 Å². The molecule has 0 saturated heterocycles. The lowest BCUT2D eigenvalue weighted by molar-refractivity contribution is -0.137. The molecule has 0 saturated carbocycles. The van der Waals surface area contributed by atoms with Crippen molar-refractivity contribution in [3.8, 4) is 0 Å². The average molecular weight is 311 g/mol. The van der Waals surface area contributed by atoms with E-state index in [2.05, 4.69) is 4.72 Å². The summed E-state index contributed by atoms with van der Waals surface area (Å²) in [6.45, 7) is 2.22. The third-order valence-electron chi connectivity index (χ3n) is 3.03. The molecule has 0 aliphatic heterocycles. The fourth-order valence-electron chi connectivity index (χ4n) is 1.74. The zero-order chi connectivity index (χ0) is 15.7. The number of carboxylic acids is 1. The molecule has 0 bridgehead atoms. The van der Waals surface area contributed by atoms with E-state index in [4.69, 9.17) is 5.11 Å². The molecule has 1 unspecified atom stereocenters. The van der Waals surface area contributed by atoms with E-state index < -0.39 is 16.0 Å². The topological polar surface area (TPSA) is 83.5 Å². The maximum atomic E-state index is 11.8. The molecule has 0 amide bonds. The highest BCUT2D eigenvalue weighted by Crippen LogP contribution is 2.09. The lowest BCUT2D eigenvalue weighted by Crippen LogP contribution is -2.23. The van der Waals surface area contributed by atoms with Gasteiger partial charge in [0.2, 0.25) is 10.0 Å². The summed E-state index contributed by atoms with van der Waals surface area (Å²) in [5.41, 5.74) is 0.817. The molecule has 0 aromatic heterocycles. The Hall–Kier alpha value is -1.66. The first-order valence-electron chi connectivity index (χ1n) is 6.83. The largest absolute Gasteiger partial charge is 0.481 e. The molecule has 2 N–H and O–H groups in total. The summed E-state index contributed by atoms with van der Waals surface area (Å²) in [5, 5.41) is 9.72. The lowest BCUT2D eigenvalue weighted by Gasteiger charge is -2.09. The van der Waals surface area contributed by atoms with Crippen LogP contribution in [0, 0.1) is 5.92 Å². The third kappa shape index (κ3) is 8.27. The SMILES string of the molecule is CC(CCNS(=O)(=O)C=Cc1ccccc1)CCC(=O)O. The van der Waals surface area contributed by atoms with Crippen molar-refractivity contribution in [3.63, 3.8) is 0 Å². The van der Waals surface area contributed by atoms with Crippen molar-refractivity contribution in [2.75, 3.05) is 6.54 Å². The molecule has 0 aliphatic carbocycles. The molecular formula is C15H21NO4S. The zero-order valence-electron chi connectivity index (χ0n) is 12.0. The van der Waals surface area contributed by atoms with Crippen molar-refractivity contribution < 1.29 is 18.3 Å². The molecule has 6 heteroatoms. The summed E-state index contributed by atoms with van der Waals surface area (Å²) < 4.78 is 26.0. The second kappa shape index (κ2) is 8.59. The normalized spacial score (nSPS) is 13.4. The second-order valence-electron chi connectivity index (χ2n) is 4.98. The molecule has 0 heterocycles. The van der Waals surface area contributed by atoms with Gasteiger partial charge in [-0.05, 0) is 30.4 Å². The van der Waals surface area contributed by atoms with Gasteiger partial charge in [0.25, 0.3) is 0 Å². The van der Waals surface area contributed by atoms with E-state index >= 15 is 0 Å². The monoisotopic (exact) mass is 311 g/mol. The van der Waals surface area contributed by atoms with E-state index in [0.717, 1.165) is 11.0 Å². The van der Waals surface area contributed by atoms with E-state index in [0.29, 0.717) is 19.4 Å². The van der Waals surface area contributed by atoms with Crippen LogP contribution in [0.2, 0.25) is 0 Å². The van der Waals surface area contributed by atoms with Gasteiger partial charge in [-0.15, -0.1) is 0 Å². The summed E-state index contributed by atoms with van der Waals surface area (Å²) in [7, 11) is -3.45. The number of carboxylic acid groups (broad SMARTS) is 1. The van der Waals surface area contributed by atoms with Crippen LogP contribution in [0.4, 0.5) is 0 Å². The van der Waals surface area contributed by atoms with Crippen LogP contribution in [-0.4, -0.2) is 26.0 Å². The highest BCUT2D eigenvalue weighted by atomic mass is 32.2. The molecule has 5 nitrogen and oxygen atoms in total. The Bertz CT molecular complexity index is 567. The summed E-state index contributed by atoms with van der Waals surface area (Å²) in [5.74, 6) is -0.657. The van der Waals surface area contributed by atoms with Crippen LogP contribution >= 0.6 is 0 Å². The molecule has 1 aromatic carbocycles. The van der Waals surface area contributed by atoms with E-state index in [1.54, 1.807) is 0 Å². The molecule has 116 valence electrons. The quantitative estimate of drug-likeness (QED) is 0.734. The molecule has 1 rings (SSSR count). The summed E-state index contributed by atoms with van der Waals surface area (Å²) in [4.78, 5) is 10.4. The Morgan fingerprint density at radius 1 is 1.29 bits per heavy atom. The van der Waals surface area contributed by atoms with Crippen LogP contribution in [0.15, 0.2) is 35.7 Å². The van der Waals surface area contributed by atoms with Crippen molar-refractivity contribution in [2.45, 2.75) is 26.2 Å². The maximum Gasteiger partial charge on any atom is 0.303 e. The molecule has 1 atom stereocenters. The number of hydrogen-bond acceptors (Lipinski definition) is 3. The van der Waals surface area contributed by atoms with Gasteiger partial charge in [0.05, 0.1) is 0 Å². The third-order valence-corrected chi connectivity index (χ3v) is 4.13. The van der Waals surface area contributed by atoms with Crippen LogP contribution in [-0.2, 0) is 14.8 Å². The smallest absolute Gasteiger partial charge is 0.303 e. The van der Waals surface area contributed by atoms with Gasteiger partial charge in [-0.1, -0.05) is 37.3 Å². The van der Waals surface area contributed by atoms with Gasteiger partial charge in [0, 0.05) is 18.4 Å². The van der Waals surface area contributed by atoms with Crippen LogP contribution in [0.5, 0.6) is 0 Å². The van der Waals surface area contributed by atoms with Crippen molar-refractivity contribution in [1.82, 2.24) is 4.72 Å². The highest BCUT2D eigenvalue weighted by molar-refractivity contribution is 7.92. The van der Waals surface area contributed by atoms with Crippen LogP contribution in [0.3, 0.4) is 0 Å². The Morgan fingerprint density at radius 3 is 2.57 bits per heavy atom. The van der Waals surface area contributed by atoms with Gasteiger partial charge in [-0.2, -0.15) is 0 Å². The molecule has 0 spiro atoms. The zero-order valence-corrected chi connectivity index (χ0v) is 12.8. The van der Waals surface area contributed by atoms with Gasteiger partial charge in [0.15, 0.2) is 0 Å². The highest BCUT2D eigenvalue weighted by Gasteiger charge is 2.08. The Morgan fingerprint density at radius 2 is 1.95 bits per heavy atom. The minimum atomic E-state index is -3.45. The molecule has 0 aliphatic rings. The number of aliphatic carboxylic acids is 1. The molecule has 0 radical (unpaired) electrons. The summed E-state index contributed by atoms with van der Waals surface area (Å²) >= 11 is 0. The molecular weight excluding hydrogens is 290 g/mol. The van der Waals surface area contributed by atoms with Gasteiger partial charge in [-0.25, -0.2) is 13.1 Å². The predicted octanol–water partition coefficient (Wildman–Crippen LogP) is 2.47. The number of rotatable bonds is 9. The number of sulfonamides is 1. The summed E-state index contributed by atoms with van der Waals surface area (Å²) in [6.07, 6.45) is 2.82. The van der Waals surface area contributed by atoms with Crippen molar-refractivity contribution >= 4 is 22.1 Å². The van der Waals surface area contributed by atoms with Gasteiger partial charge < -0.3 is 5.11 Å². The van der Waals surface area contributed by atoms with E-state index in [1.807, 2.05) is 37.3 Å². The number of nitrogens with one attached hydrogen (secondary N) is 1. The number of hydrogen-bond donors (Lipinski definition) is 2. The van der Waals surface area contributed by atoms with Gasteiger partial charge in [-0.3, -0.25) is 4.79 Å². The maximum absolute atomic E-state index is 11.8. The number of benzene rings is 1. The van der Waals surface area contributed by atoms with Crippen molar-refractivity contribution in [1.29, 1.82) is 0 Å². The Balaban J connectivity index is 2.36. The second-order valence-corrected chi connectivity index (χ2v) is 6.63. The first kappa shape index (κ1) is 17.4. The van der Waals surface area contributed by atoms with Gasteiger partial charge in [0.1, 0.15) is 0 Å². The summed E-state index contributed by atoms with van der Waals surface area (Å²) in [6, 6.07) is 9.18. The molecule has 0 fully saturated rings. The molecule has 1 aromatic rings. The first-order chi connectivity index (χ1) is 9.89. The van der Waals surface area contributed by atoms with E-state index in [-0.39, 0.29) is 12.3 Å². The van der Waals surface area contributed by atoms with E-state index in [1.165, 1.54) is 6.08 Å². The average Bonchev–Trinajstić information content (AvgIpc) is 2.44. The van der Waals surface area contributed by atoms with Gasteiger partial charge >= 0.3 is 5.97 Å². The Kier molecular flexibility index (Phi) is 7.11. The standard InChI is InChI=1S/C15H21NO4S/c1-13(7-8-15(17)18)9-11-16-21(19,20)12-10-14-5-3-2-4-6-14/h2-6,10,12-13,16H,7-9,11H2,1H3,(H,17,18). The minimum Gasteiger partial charge on any atom is -0.481 e. The fraction of sp³-hybridized carbons (Fsp3) is 0.400. The first-order valence-corrected chi connectivity index (χ1v) is 8.38. The van der Waals surface area contributed by atoms with Crippen molar-refractivity contribution in [3.05, 3.63) is 41.3 Å². The minimum absolute atomic E-state index is 0.113. The van der Waals surface area contributed by atoms with Crippen LogP contribution in [0.25, 0.3) is 6.08 Å². The Labute approximate surface area is 125 Å². The molecule has 21 heavy (non-hydrogen) atoms. The van der Waals surface area contributed by atoms with E-state index in [9.17, 15) is 13.2 Å². The fourth-order valence-corrected chi connectivity index (χ4v) is 2.58. The lowest BCUT2D eigenvalue weighted by atomic mass is 10.0.